The minimum absolute atomic E-state index is 0.0496. The number of hydrogen-bond acceptors (Lipinski definition) is 4. The average molecular weight is 360 g/mol. The van der Waals surface area contributed by atoms with E-state index in [0.717, 1.165) is 28.3 Å². The summed E-state index contributed by atoms with van der Waals surface area (Å²) in [4.78, 5) is 11.4. The van der Waals surface area contributed by atoms with Crippen LogP contribution in [0.25, 0.3) is 6.08 Å². The highest BCUT2D eigenvalue weighted by Gasteiger charge is 2.38. The van der Waals surface area contributed by atoms with E-state index in [0.29, 0.717) is 12.0 Å². The Labute approximate surface area is 155 Å². The molecular weight excluding hydrogens is 344 g/mol. The third-order valence-corrected chi connectivity index (χ3v) is 5.25. The number of aromatic nitrogens is 2. The predicted octanol–water partition coefficient (Wildman–Crippen LogP) is 3.39. The van der Waals surface area contributed by atoms with Gasteiger partial charge in [-0.2, -0.15) is 5.10 Å². The maximum Gasteiger partial charge on any atom is 0.357 e. The van der Waals surface area contributed by atoms with Gasteiger partial charge in [0.15, 0.2) is 17.2 Å². The zero-order chi connectivity index (χ0) is 18.4. The average Bonchev–Trinajstić information content (AvgIpc) is 3.34. The molecule has 5 rings (SSSR count). The summed E-state index contributed by atoms with van der Waals surface area (Å²) >= 11 is 0. The van der Waals surface area contributed by atoms with Crippen molar-refractivity contribution < 1.29 is 19.4 Å². The Morgan fingerprint density at radius 1 is 1.07 bits per heavy atom. The molecule has 6 heteroatoms. The Balaban J connectivity index is 1.69. The second-order valence-corrected chi connectivity index (χ2v) is 6.69. The normalized spacial score (nSPS) is 19.7. The van der Waals surface area contributed by atoms with Crippen LogP contribution in [-0.4, -0.2) is 28.1 Å². The zero-order valence-corrected chi connectivity index (χ0v) is 14.3. The van der Waals surface area contributed by atoms with Gasteiger partial charge in [0, 0.05) is 23.1 Å². The van der Waals surface area contributed by atoms with E-state index in [2.05, 4.69) is 28.4 Å². The van der Waals surface area contributed by atoms with E-state index < -0.39 is 11.4 Å². The molecule has 0 saturated heterocycles. The Morgan fingerprint density at radius 3 is 2.70 bits per heavy atom. The summed E-state index contributed by atoms with van der Waals surface area (Å²) in [5.74, 6) is 0.419. The number of carboxylic acids is 1. The van der Waals surface area contributed by atoms with Crippen LogP contribution in [0.2, 0.25) is 0 Å². The van der Waals surface area contributed by atoms with Gasteiger partial charge >= 0.3 is 5.97 Å². The molecule has 2 heterocycles. The highest BCUT2D eigenvalue weighted by Crippen LogP contribution is 2.44. The number of hydrogen-bond donors (Lipinski definition) is 2. The third kappa shape index (κ3) is 2.33. The number of benzene rings is 2. The lowest BCUT2D eigenvalue weighted by molar-refractivity contribution is 0.0690. The number of aromatic amines is 1. The molecule has 1 aromatic heterocycles. The molecule has 0 amide bonds. The summed E-state index contributed by atoms with van der Waals surface area (Å²) in [6.45, 7) is 0.222. The minimum Gasteiger partial charge on any atom is -0.476 e. The number of aromatic carboxylic acids is 1. The van der Waals surface area contributed by atoms with Gasteiger partial charge in [0.1, 0.15) is 0 Å². The van der Waals surface area contributed by atoms with Crippen LogP contribution in [0.3, 0.4) is 0 Å². The summed E-state index contributed by atoms with van der Waals surface area (Å²) in [5.41, 5.74) is 3.18. The Bertz CT molecular complexity index is 1070. The highest BCUT2D eigenvalue weighted by atomic mass is 16.7. The van der Waals surface area contributed by atoms with Crippen LogP contribution in [0.5, 0.6) is 11.5 Å². The number of nitrogens with one attached hydrogen (secondary N) is 1. The molecule has 3 aromatic rings. The maximum absolute atomic E-state index is 11.4. The van der Waals surface area contributed by atoms with Crippen molar-refractivity contribution in [2.24, 2.45) is 0 Å². The first kappa shape index (κ1) is 15.7. The molecule has 2 aromatic carbocycles. The smallest absolute Gasteiger partial charge is 0.357 e. The number of H-pyrrole nitrogens is 1. The van der Waals surface area contributed by atoms with Crippen LogP contribution in [-0.2, 0) is 11.8 Å². The van der Waals surface area contributed by atoms with Crippen molar-refractivity contribution in [2.75, 3.05) is 6.79 Å². The molecule has 2 N–H and O–H groups in total. The largest absolute Gasteiger partial charge is 0.476 e. The number of carbonyl (C=O) groups is 1. The summed E-state index contributed by atoms with van der Waals surface area (Å²) in [5, 5.41) is 16.3. The molecule has 0 radical (unpaired) electrons. The van der Waals surface area contributed by atoms with E-state index in [1.807, 2.05) is 42.5 Å². The number of fused-ring (bicyclic) bond motifs is 2. The van der Waals surface area contributed by atoms with Crippen LogP contribution >= 0.6 is 0 Å². The minimum atomic E-state index is -1.03. The predicted molar refractivity (Wildman–Crippen MR) is 98.1 cm³/mol. The van der Waals surface area contributed by atoms with Gasteiger partial charge in [0.25, 0.3) is 0 Å². The fraction of sp³-hybridized carbons (Fsp3) is 0.143. The van der Waals surface area contributed by atoms with Crippen molar-refractivity contribution in [1.29, 1.82) is 0 Å². The van der Waals surface area contributed by atoms with E-state index in [9.17, 15) is 9.90 Å². The molecule has 1 unspecified atom stereocenters. The van der Waals surface area contributed by atoms with Crippen LogP contribution in [0, 0.1) is 0 Å². The van der Waals surface area contributed by atoms with Gasteiger partial charge < -0.3 is 14.6 Å². The maximum atomic E-state index is 11.4. The molecule has 0 spiro atoms. The molecule has 0 bridgehead atoms. The number of rotatable bonds is 3. The summed E-state index contributed by atoms with van der Waals surface area (Å²) in [6, 6.07) is 16.1. The third-order valence-electron chi connectivity index (χ3n) is 5.25. The van der Waals surface area contributed by atoms with E-state index in [1.165, 1.54) is 0 Å². The Hall–Kier alpha value is -3.54. The molecule has 1 aliphatic heterocycles. The van der Waals surface area contributed by atoms with Gasteiger partial charge in [0.2, 0.25) is 6.79 Å². The molecule has 2 aliphatic rings. The van der Waals surface area contributed by atoms with E-state index in [1.54, 1.807) is 0 Å². The monoisotopic (exact) mass is 360 g/mol. The van der Waals surface area contributed by atoms with E-state index >= 15 is 0 Å². The van der Waals surface area contributed by atoms with Crippen molar-refractivity contribution in [2.45, 2.75) is 11.8 Å². The standard InChI is InChI=1S/C21H16N2O4/c24-20(25)19-15-8-9-21(11-16(15)22-23-19,13-4-2-1-3-5-13)14-6-7-17-18(10-14)27-12-26-17/h1-10H,11-12H2,(H,22,23)(H,24,25). The number of ether oxygens (including phenoxy) is 2. The van der Waals surface area contributed by atoms with E-state index in [-0.39, 0.29) is 12.5 Å². The fourth-order valence-electron chi connectivity index (χ4n) is 3.90. The van der Waals surface area contributed by atoms with Crippen molar-refractivity contribution in [3.8, 4) is 11.5 Å². The number of carboxylic acid groups (broad SMARTS) is 1. The number of allylic oxidation sites excluding steroid dienone is 1. The first-order chi connectivity index (χ1) is 13.2. The fourth-order valence-corrected chi connectivity index (χ4v) is 3.90. The van der Waals surface area contributed by atoms with Gasteiger partial charge in [-0.1, -0.05) is 48.6 Å². The summed E-state index contributed by atoms with van der Waals surface area (Å²) in [7, 11) is 0. The highest BCUT2D eigenvalue weighted by molar-refractivity contribution is 5.91. The first-order valence-corrected chi connectivity index (χ1v) is 8.63. The molecule has 1 aliphatic carbocycles. The van der Waals surface area contributed by atoms with Crippen LogP contribution < -0.4 is 9.47 Å². The van der Waals surface area contributed by atoms with Crippen LogP contribution in [0.1, 0.15) is 32.9 Å². The lowest BCUT2D eigenvalue weighted by Gasteiger charge is -2.34. The molecule has 134 valence electrons. The summed E-state index contributed by atoms with van der Waals surface area (Å²) in [6.07, 6.45) is 4.48. The number of nitrogens with zero attached hydrogens (tertiary/aromatic N) is 1. The topological polar surface area (TPSA) is 84.4 Å². The molecule has 6 nitrogen and oxygen atoms in total. The van der Waals surface area contributed by atoms with Crippen LogP contribution in [0.4, 0.5) is 0 Å². The van der Waals surface area contributed by atoms with Gasteiger partial charge in [-0.05, 0) is 23.3 Å². The lowest BCUT2D eigenvalue weighted by Crippen LogP contribution is -2.30. The van der Waals surface area contributed by atoms with Crippen molar-refractivity contribution in [3.05, 3.63) is 82.7 Å². The quantitative estimate of drug-likeness (QED) is 0.748. The van der Waals surface area contributed by atoms with E-state index in [4.69, 9.17) is 9.47 Å². The van der Waals surface area contributed by atoms with Crippen molar-refractivity contribution in [3.63, 3.8) is 0 Å². The summed E-state index contributed by atoms with van der Waals surface area (Å²) < 4.78 is 11.0. The Kier molecular flexibility index (Phi) is 3.33. The van der Waals surface area contributed by atoms with Gasteiger partial charge in [0.05, 0.1) is 0 Å². The molecule has 0 fully saturated rings. The molecular formula is C21H16N2O4. The second-order valence-electron chi connectivity index (χ2n) is 6.69. The first-order valence-electron chi connectivity index (χ1n) is 8.63. The second kappa shape index (κ2) is 5.74. The molecule has 0 saturated carbocycles. The van der Waals surface area contributed by atoms with Crippen molar-refractivity contribution in [1.82, 2.24) is 10.2 Å². The Morgan fingerprint density at radius 2 is 1.89 bits per heavy atom. The SMILES string of the molecule is O=C(O)c1n[nH]c2c1C=CC(c1ccccc1)(c1ccc3c(c1)OCO3)C2. The lowest BCUT2D eigenvalue weighted by atomic mass is 9.68. The van der Waals surface area contributed by atoms with Crippen LogP contribution in [0.15, 0.2) is 54.6 Å². The van der Waals surface area contributed by atoms with Gasteiger partial charge in [-0.25, -0.2) is 4.79 Å². The molecule has 27 heavy (non-hydrogen) atoms. The van der Waals surface area contributed by atoms with Gasteiger partial charge in [-0.15, -0.1) is 0 Å². The molecule has 1 atom stereocenters. The van der Waals surface area contributed by atoms with Gasteiger partial charge in [-0.3, -0.25) is 5.10 Å². The zero-order valence-electron chi connectivity index (χ0n) is 14.3. The van der Waals surface area contributed by atoms with Crippen molar-refractivity contribution >= 4 is 12.0 Å².